The van der Waals surface area contributed by atoms with Gasteiger partial charge in [-0.1, -0.05) is 11.6 Å². The van der Waals surface area contributed by atoms with Gasteiger partial charge in [0.15, 0.2) is 5.82 Å². The van der Waals surface area contributed by atoms with Gasteiger partial charge in [-0.3, -0.25) is 4.68 Å². The lowest BCUT2D eigenvalue weighted by atomic mass is 9.89. The van der Waals surface area contributed by atoms with Crippen molar-refractivity contribution in [1.82, 2.24) is 29.3 Å². The molecular formula is C25H29ClFN7O. The number of nitrogens with zero attached hydrogens (tertiary/aromatic N) is 6. The summed E-state index contributed by atoms with van der Waals surface area (Å²) >= 11 is 6.42. The summed E-state index contributed by atoms with van der Waals surface area (Å²) < 4.78 is 18.8. The molecule has 8 nitrogen and oxygen atoms in total. The molecule has 35 heavy (non-hydrogen) atoms. The van der Waals surface area contributed by atoms with Crippen molar-refractivity contribution in [3.05, 3.63) is 53.0 Å². The number of aliphatic hydroxyl groups is 1. The van der Waals surface area contributed by atoms with Gasteiger partial charge in [-0.05, 0) is 64.2 Å². The summed E-state index contributed by atoms with van der Waals surface area (Å²) in [6, 6.07) is 5.32. The monoisotopic (exact) mass is 497 g/mol. The fourth-order valence-corrected chi connectivity index (χ4v) is 5.25. The third kappa shape index (κ3) is 4.50. The number of anilines is 1. The Balaban J connectivity index is 1.30. The van der Waals surface area contributed by atoms with E-state index in [-0.39, 0.29) is 12.0 Å². The smallest absolute Gasteiger partial charge is 0.223 e. The highest BCUT2D eigenvalue weighted by atomic mass is 35.5. The van der Waals surface area contributed by atoms with E-state index in [0.29, 0.717) is 39.8 Å². The average Bonchev–Trinajstić information content (AvgIpc) is 3.43. The van der Waals surface area contributed by atoms with Crippen molar-refractivity contribution in [2.75, 3.05) is 11.9 Å². The number of hydrogen-bond donors (Lipinski definition) is 2. The first-order valence-corrected chi connectivity index (χ1v) is 12.4. The second kappa shape index (κ2) is 9.54. The Hall–Kier alpha value is -3.04. The lowest BCUT2D eigenvalue weighted by Crippen LogP contribution is -2.25. The van der Waals surface area contributed by atoms with Crippen LogP contribution in [0.2, 0.25) is 5.02 Å². The highest BCUT2D eigenvalue weighted by molar-refractivity contribution is 6.33. The van der Waals surface area contributed by atoms with Gasteiger partial charge in [0, 0.05) is 30.9 Å². The summed E-state index contributed by atoms with van der Waals surface area (Å²) in [5.41, 5.74) is 2.99. The van der Waals surface area contributed by atoms with E-state index in [0.717, 1.165) is 37.3 Å². The number of aromatic nitrogens is 6. The molecule has 0 amide bonds. The minimum Gasteiger partial charge on any atom is -0.387 e. The molecule has 0 bridgehead atoms. The van der Waals surface area contributed by atoms with E-state index in [9.17, 15) is 9.50 Å². The summed E-state index contributed by atoms with van der Waals surface area (Å²) in [4.78, 5) is 13.3. The first-order chi connectivity index (χ1) is 16.8. The topological polar surface area (TPSA) is 93.7 Å². The number of benzene rings is 1. The van der Waals surface area contributed by atoms with Crippen LogP contribution in [-0.4, -0.2) is 41.0 Å². The Morgan fingerprint density at radius 2 is 2.11 bits per heavy atom. The maximum absolute atomic E-state index is 14.9. The molecule has 0 saturated heterocycles. The highest BCUT2D eigenvalue weighted by Gasteiger charge is 2.28. The van der Waals surface area contributed by atoms with E-state index in [2.05, 4.69) is 25.4 Å². The summed E-state index contributed by atoms with van der Waals surface area (Å²) in [6.07, 6.45) is 5.41. The predicted octanol–water partition coefficient (Wildman–Crippen LogP) is 5.32. The zero-order valence-corrected chi connectivity index (χ0v) is 20.8. The molecule has 3 aromatic heterocycles. The van der Waals surface area contributed by atoms with Crippen LogP contribution < -0.4 is 5.32 Å². The molecule has 184 valence electrons. The number of imidazole rings is 1. The van der Waals surface area contributed by atoms with Crippen LogP contribution in [0.1, 0.15) is 56.8 Å². The third-order valence-electron chi connectivity index (χ3n) is 6.70. The van der Waals surface area contributed by atoms with Crippen LogP contribution >= 0.6 is 11.6 Å². The van der Waals surface area contributed by atoms with Crippen molar-refractivity contribution in [2.24, 2.45) is 5.92 Å². The van der Waals surface area contributed by atoms with Crippen LogP contribution in [0.3, 0.4) is 0 Å². The van der Waals surface area contributed by atoms with Crippen molar-refractivity contribution in [3.63, 3.8) is 0 Å². The number of halogens is 2. The van der Waals surface area contributed by atoms with Gasteiger partial charge in [0.05, 0.1) is 34.2 Å². The van der Waals surface area contributed by atoms with Crippen LogP contribution in [-0.2, 0) is 6.54 Å². The van der Waals surface area contributed by atoms with Crippen molar-refractivity contribution >= 4 is 28.6 Å². The Morgan fingerprint density at radius 3 is 2.91 bits per heavy atom. The summed E-state index contributed by atoms with van der Waals surface area (Å²) in [5.74, 6) is 0.985. The Bertz CT molecular complexity index is 1370. The minimum atomic E-state index is -0.489. The minimum absolute atomic E-state index is 0.135. The van der Waals surface area contributed by atoms with Crippen molar-refractivity contribution in [2.45, 2.75) is 58.7 Å². The van der Waals surface area contributed by atoms with E-state index >= 15 is 0 Å². The maximum atomic E-state index is 14.9. The normalized spacial score (nSPS) is 17.8. The van der Waals surface area contributed by atoms with Crippen molar-refractivity contribution < 1.29 is 9.50 Å². The van der Waals surface area contributed by atoms with E-state index < -0.39 is 11.9 Å². The van der Waals surface area contributed by atoms with Gasteiger partial charge < -0.3 is 15.0 Å². The quantitative estimate of drug-likeness (QED) is 0.336. The van der Waals surface area contributed by atoms with E-state index in [4.69, 9.17) is 11.6 Å². The molecule has 10 heteroatoms. The molecule has 0 fully saturated rings. The van der Waals surface area contributed by atoms with Gasteiger partial charge in [0.1, 0.15) is 11.3 Å². The SMILES string of the molecule is Cc1nc2c(F)cc(-c3nc(NCCC[C@@H]4CCn5nccc5[C@@H]4O)ncc3Cl)cc2n1C(C)C. The molecule has 0 aliphatic carbocycles. The fourth-order valence-electron chi connectivity index (χ4n) is 5.05. The van der Waals surface area contributed by atoms with Crippen molar-refractivity contribution in [1.29, 1.82) is 0 Å². The summed E-state index contributed by atoms with van der Waals surface area (Å²) in [7, 11) is 0. The first-order valence-electron chi connectivity index (χ1n) is 12.0. The molecule has 0 saturated carbocycles. The number of fused-ring (bicyclic) bond motifs is 2. The number of hydrogen-bond acceptors (Lipinski definition) is 6. The molecular weight excluding hydrogens is 469 g/mol. The van der Waals surface area contributed by atoms with Crippen LogP contribution in [0.15, 0.2) is 30.6 Å². The van der Waals surface area contributed by atoms with Gasteiger partial charge in [0.25, 0.3) is 0 Å². The molecule has 1 aromatic carbocycles. The van der Waals surface area contributed by atoms with Crippen LogP contribution in [0.5, 0.6) is 0 Å². The summed E-state index contributed by atoms with van der Waals surface area (Å²) in [6.45, 7) is 7.44. The summed E-state index contributed by atoms with van der Waals surface area (Å²) in [5, 5.41) is 18.5. The number of aliphatic hydroxyl groups excluding tert-OH is 1. The predicted molar refractivity (Wildman–Crippen MR) is 134 cm³/mol. The molecule has 0 radical (unpaired) electrons. The molecule has 4 aromatic rings. The molecule has 1 aliphatic heterocycles. The molecule has 0 spiro atoms. The Morgan fingerprint density at radius 1 is 1.29 bits per heavy atom. The fraction of sp³-hybridized carbons (Fsp3) is 0.440. The van der Waals surface area contributed by atoms with E-state index in [1.54, 1.807) is 6.20 Å². The number of rotatable bonds is 7. The molecule has 2 N–H and O–H groups in total. The molecule has 0 unspecified atom stereocenters. The molecule has 4 heterocycles. The Labute approximate surface area is 208 Å². The number of nitrogens with one attached hydrogen (secondary N) is 1. The van der Waals surface area contributed by atoms with Gasteiger partial charge in [-0.25, -0.2) is 19.3 Å². The number of aryl methyl sites for hydroxylation is 2. The van der Waals surface area contributed by atoms with E-state index in [1.165, 1.54) is 12.3 Å². The Kier molecular flexibility index (Phi) is 6.46. The molecule has 2 atom stereocenters. The van der Waals surface area contributed by atoms with Gasteiger partial charge in [-0.15, -0.1) is 0 Å². The zero-order chi connectivity index (χ0) is 24.7. The zero-order valence-electron chi connectivity index (χ0n) is 20.0. The standard InChI is InChI=1S/C25H29ClFN7O/c1-14(2)34-15(3)31-23-19(27)11-17(12-21(23)34)22-18(26)13-29-25(32-22)28-8-4-5-16-7-10-33-20(24(16)35)6-9-30-33/h6,9,11-14,16,24,35H,4-5,7-8,10H2,1-3H3,(H,28,29,32)/t16-,24-/m1/s1. The van der Waals surface area contributed by atoms with Crippen LogP contribution in [0.25, 0.3) is 22.3 Å². The van der Waals surface area contributed by atoms with E-state index in [1.807, 2.05) is 42.2 Å². The molecule has 1 aliphatic rings. The highest BCUT2D eigenvalue weighted by Crippen LogP contribution is 2.34. The molecule has 5 rings (SSSR count). The van der Waals surface area contributed by atoms with Gasteiger partial charge >= 0.3 is 0 Å². The second-order valence-electron chi connectivity index (χ2n) is 9.38. The lowest BCUT2D eigenvalue weighted by molar-refractivity contribution is 0.0674. The lowest BCUT2D eigenvalue weighted by Gasteiger charge is -2.28. The first kappa shape index (κ1) is 23.7. The third-order valence-corrected chi connectivity index (χ3v) is 6.98. The second-order valence-corrected chi connectivity index (χ2v) is 9.79. The largest absolute Gasteiger partial charge is 0.387 e. The van der Waals surface area contributed by atoms with Crippen LogP contribution in [0.4, 0.5) is 10.3 Å². The van der Waals surface area contributed by atoms with Gasteiger partial charge in [-0.2, -0.15) is 5.10 Å². The van der Waals surface area contributed by atoms with Crippen LogP contribution in [0, 0.1) is 18.7 Å². The average molecular weight is 498 g/mol. The maximum Gasteiger partial charge on any atom is 0.223 e. The van der Waals surface area contributed by atoms with Gasteiger partial charge in [0.2, 0.25) is 5.95 Å². The van der Waals surface area contributed by atoms with Crippen molar-refractivity contribution in [3.8, 4) is 11.3 Å².